The third-order valence-electron chi connectivity index (χ3n) is 2.72. The van der Waals surface area contributed by atoms with Crippen LogP contribution in [0.4, 0.5) is 5.69 Å². The van der Waals surface area contributed by atoms with Crippen LogP contribution in [0.2, 0.25) is 0 Å². The van der Waals surface area contributed by atoms with Gasteiger partial charge in [0.15, 0.2) is 0 Å². The van der Waals surface area contributed by atoms with Gasteiger partial charge in [0, 0.05) is 24.7 Å². The average molecular weight is 357 g/mol. The van der Waals surface area contributed by atoms with Crippen LogP contribution in [0.1, 0.15) is 26.7 Å². The number of amides is 2. The van der Waals surface area contributed by atoms with Gasteiger partial charge in [-0.2, -0.15) is 0 Å². The highest BCUT2D eigenvalue weighted by molar-refractivity contribution is 9.10. The number of alkyl halides is 1. The summed E-state index contributed by atoms with van der Waals surface area (Å²) in [5.74, 6) is 0.476. The van der Waals surface area contributed by atoms with E-state index in [1.165, 1.54) is 0 Å². The first-order valence-electron chi connectivity index (χ1n) is 7.01. The third kappa shape index (κ3) is 6.62. The molecule has 1 atom stereocenters. The zero-order valence-electron chi connectivity index (χ0n) is 12.3. The molecule has 0 saturated carbocycles. The van der Waals surface area contributed by atoms with Crippen molar-refractivity contribution in [1.29, 1.82) is 0 Å². The molecular formula is C15H21BrN2O3. The molecule has 2 N–H and O–H groups in total. The molecule has 0 spiro atoms. The molecular weight excluding hydrogens is 336 g/mol. The summed E-state index contributed by atoms with van der Waals surface area (Å²) in [6.45, 7) is 4.71. The van der Waals surface area contributed by atoms with Gasteiger partial charge in [-0.3, -0.25) is 9.59 Å². The summed E-state index contributed by atoms with van der Waals surface area (Å²) in [7, 11) is 0. The number of hydrogen-bond donors (Lipinski definition) is 2. The maximum atomic E-state index is 11.8. The van der Waals surface area contributed by atoms with Crippen LogP contribution >= 0.6 is 15.9 Å². The van der Waals surface area contributed by atoms with Crippen LogP contribution < -0.4 is 15.4 Å². The molecule has 0 aliphatic heterocycles. The van der Waals surface area contributed by atoms with E-state index in [4.69, 9.17) is 4.74 Å². The van der Waals surface area contributed by atoms with Gasteiger partial charge in [0.2, 0.25) is 11.8 Å². The highest BCUT2D eigenvalue weighted by Crippen LogP contribution is 2.17. The third-order valence-corrected chi connectivity index (χ3v) is 3.79. The number of benzene rings is 1. The van der Waals surface area contributed by atoms with Crippen LogP contribution in [0.25, 0.3) is 0 Å². The van der Waals surface area contributed by atoms with E-state index in [-0.39, 0.29) is 23.1 Å². The number of hydrogen-bond acceptors (Lipinski definition) is 3. The van der Waals surface area contributed by atoms with E-state index in [2.05, 4.69) is 26.6 Å². The Bertz CT molecular complexity index is 480. The molecule has 1 aromatic carbocycles. The molecule has 116 valence electrons. The predicted molar refractivity (Wildman–Crippen MR) is 86.9 cm³/mol. The van der Waals surface area contributed by atoms with Crippen molar-refractivity contribution in [3.63, 3.8) is 0 Å². The van der Waals surface area contributed by atoms with Gasteiger partial charge in [-0.1, -0.05) is 28.9 Å². The number of halogens is 1. The fraction of sp³-hybridized carbons (Fsp3) is 0.467. The zero-order valence-corrected chi connectivity index (χ0v) is 13.9. The Hall–Kier alpha value is -1.56. The maximum Gasteiger partial charge on any atom is 0.233 e. The topological polar surface area (TPSA) is 67.4 Å². The summed E-state index contributed by atoms with van der Waals surface area (Å²) in [5, 5.41) is 5.49. The number of carbonyl (C=O) groups is 2. The largest absolute Gasteiger partial charge is 0.494 e. The van der Waals surface area contributed by atoms with Gasteiger partial charge in [0.05, 0.1) is 11.4 Å². The minimum Gasteiger partial charge on any atom is -0.494 e. The molecule has 21 heavy (non-hydrogen) atoms. The van der Waals surface area contributed by atoms with E-state index in [1.807, 2.05) is 26.0 Å². The van der Waals surface area contributed by atoms with E-state index in [1.54, 1.807) is 12.1 Å². The van der Waals surface area contributed by atoms with Gasteiger partial charge in [-0.05, 0) is 25.5 Å². The van der Waals surface area contributed by atoms with Crippen molar-refractivity contribution in [1.82, 2.24) is 5.32 Å². The Kier molecular flexibility index (Phi) is 7.82. The van der Waals surface area contributed by atoms with Crippen molar-refractivity contribution in [2.24, 2.45) is 0 Å². The van der Waals surface area contributed by atoms with Crippen molar-refractivity contribution in [2.45, 2.75) is 31.5 Å². The summed E-state index contributed by atoms with van der Waals surface area (Å²) < 4.78 is 5.37. The standard InChI is InChI=1S/C15H21BrN2O3/c1-3-13(16)15(20)17-9-8-14(19)18-11-6-5-7-12(10-11)21-4-2/h5-7,10,13H,3-4,8-9H2,1-2H3,(H,17,20)(H,18,19)/t13-/m1/s1. The van der Waals surface area contributed by atoms with Crippen LogP contribution in [0.3, 0.4) is 0 Å². The Morgan fingerprint density at radius 2 is 2.10 bits per heavy atom. The summed E-state index contributed by atoms with van der Waals surface area (Å²) >= 11 is 3.26. The predicted octanol–water partition coefficient (Wildman–Crippen LogP) is 2.70. The Morgan fingerprint density at radius 3 is 2.76 bits per heavy atom. The highest BCUT2D eigenvalue weighted by atomic mass is 79.9. The lowest BCUT2D eigenvalue weighted by molar-refractivity contribution is -0.120. The molecule has 0 unspecified atom stereocenters. The van der Waals surface area contributed by atoms with Gasteiger partial charge in [0.25, 0.3) is 0 Å². The number of ether oxygens (including phenoxy) is 1. The first-order valence-corrected chi connectivity index (χ1v) is 7.92. The molecule has 0 fully saturated rings. The molecule has 0 aliphatic rings. The Labute approximate surface area is 133 Å². The molecule has 0 bridgehead atoms. The van der Waals surface area contributed by atoms with Gasteiger partial charge in [0.1, 0.15) is 5.75 Å². The monoisotopic (exact) mass is 356 g/mol. The summed E-state index contributed by atoms with van der Waals surface area (Å²) in [4.78, 5) is 23.1. The lowest BCUT2D eigenvalue weighted by atomic mass is 10.3. The van der Waals surface area contributed by atoms with E-state index in [0.717, 1.165) is 0 Å². The van der Waals surface area contributed by atoms with Gasteiger partial charge >= 0.3 is 0 Å². The van der Waals surface area contributed by atoms with Crippen molar-refractivity contribution in [3.05, 3.63) is 24.3 Å². The summed E-state index contributed by atoms with van der Waals surface area (Å²) in [6.07, 6.45) is 0.941. The minimum absolute atomic E-state index is 0.0938. The second-order valence-corrected chi connectivity index (χ2v) is 5.53. The first kappa shape index (κ1) is 17.5. The smallest absolute Gasteiger partial charge is 0.233 e. The van der Waals surface area contributed by atoms with Gasteiger partial charge in [-0.25, -0.2) is 0 Å². The summed E-state index contributed by atoms with van der Waals surface area (Å²) in [6, 6.07) is 7.22. The minimum atomic E-state index is -0.205. The molecule has 0 aromatic heterocycles. The highest BCUT2D eigenvalue weighted by Gasteiger charge is 2.12. The van der Waals surface area contributed by atoms with Gasteiger partial charge in [-0.15, -0.1) is 0 Å². The molecule has 2 amide bonds. The Morgan fingerprint density at radius 1 is 1.33 bits per heavy atom. The van der Waals surface area contributed by atoms with E-state index in [0.29, 0.717) is 31.0 Å². The van der Waals surface area contributed by atoms with Crippen molar-refractivity contribution in [2.75, 3.05) is 18.5 Å². The van der Waals surface area contributed by atoms with Crippen LogP contribution in [0, 0.1) is 0 Å². The molecule has 0 heterocycles. The van der Waals surface area contributed by atoms with E-state index < -0.39 is 0 Å². The van der Waals surface area contributed by atoms with Gasteiger partial charge < -0.3 is 15.4 Å². The molecule has 1 aromatic rings. The number of rotatable bonds is 8. The van der Waals surface area contributed by atoms with E-state index in [9.17, 15) is 9.59 Å². The fourth-order valence-corrected chi connectivity index (χ4v) is 1.81. The van der Waals surface area contributed by atoms with Crippen LogP contribution in [0.5, 0.6) is 5.75 Å². The SMILES string of the molecule is CCOc1cccc(NC(=O)CCNC(=O)[C@H](Br)CC)c1. The molecule has 0 radical (unpaired) electrons. The second-order valence-electron chi connectivity index (χ2n) is 4.43. The number of nitrogens with one attached hydrogen (secondary N) is 2. The van der Waals surface area contributed by atoms with Crippen LogP contribution in [-0.2, 0) is 9.59 Å². The molecule has 6 heteroatoms. The second kappa shape index (κ2) is 9.39. The average Bonchev–Trinajstić information content (AvgIpc) is 2.47. The van der Waals surface area contributed by atoms with Crippen molar-refractivity contribution >= 4 is 33.4 Å². The Balaban J connectivity index is 2.37. The molecule has 0 saturated heterocycles. The number of carbonyl (C=O) groups excluding carboxylic acids is 2. The molecule has 5 nitrogen and oxygen atoms in total. The van der Waals surface area contributed by atoms with Crippen molar-refractivity contribution in [3.8, 4) is 5.75 Å². The lowest BCUT2D eigenvalue weighted by Gasteiger charge is -2.10. The summed E-state index contributed by atoms with van der Waals surface area (Å²) in [5.41, 5.74) is 0.684. The quantitative estimate of drug-likeness (QED) is 0.703. The van der Waals surface area contributed by atoms with Crippen LogP contribution in [-0.4, -0.2) is 29.8 Å². The van der Waals surface area contributed by atoms with E-state index >= 15 is 0 Å². The fourth-order valence-electron chi connectivity index (χ4n) is 1.65. The number of anilines is 1. The molecule has 1 rings (SSSR count). The first-order chi connectivity index (χ1) is 10.1. The normalized spacial score (nSPS) is 11.6. The lowest BCUT2D eigenvalue weighted by Crippen LogP contribution is -2.33. The zero-order chi connectivity index (χ0) is 15.7. The maximum absolute atomic E-state index is 11.8. The molecule has 0 aliphatic carbocycles. The van der Waals surface area contributed by atoms with Crippen molar-refractivity contribution < 1.29 is 14.3 Å². The van der Waals surface area contributed by atoms with Crippen LogP contribution in [0.15, 0.2) is 24.3 Å².